The van der Waals surface area contributed by atoms with Crippen molar-refractivity contribution in [3.05, 3.63) is 35.4 Å². The lowest BCUT2D eigenvalue weighted by molar-refractivity contribution is -0.121. The van der Waals surface area contributed by atoms with E-state index in [2.05, 4.69) is 20.5 Å². The van der Waals surface area contributed by atoms with Gasteiger partial charge >= 0.3 is 0 Å². The molecule has 2 N–H and O–H groups in total. The maximum atomic E-state index is 13.3. The van der Waals surface area contributed by atoms with Gasteiger partial charge in [0.05, 0.1) is 0 Å². The Bertz CT molecular complexity index is 608. The first-order chi connectivity index (χ1) is 12.5. The lowest BCUT2D eigenvalue weighted by Gasteiger charge is -2.34. The van der Waals surface area contributed by atoms with E-state index in [9.17, 15) is 13.6 Å². The standard InChI is InChI=1S/C19H28F2N4O/c1-3-23-19(24-7-4-15-10-16(20)13-17(21)11-15)25-8-5-14(6-9-25)12-18(26)22-2/h10-11,13-14H,3-9,12H2,1-2H3,(H,22,26)(H,23,24). The van der Waals surface area contributed by atoms with Crippen molar-refractivity contribution in [1.29, 1.82) is 0 Å². The maximum Gasteiger partial charge on any atom is 0.220 e. The molecular formula is C19H28F2N4O. The van der Waals surface area contributed by atoms with Gasteiger partial charge in [-0.1, -0.05) is 0 Å². The Morgan fingerprint density at radius 2 is 1.88 bits per heavy atom. The molecule has 5 nitrogen and oxygen atoms in total. The number of guanidine groups is 1. The lowest BCUT2D eigenvalue weighted by Crippen LogP contribution is -2.46. The quantitative estimate of drug-likeness (QED) is 0.600. The van der Waals surface area contributed by atoms with Crippen LogP contribution in [-0.2, 0) is 11.2 Å². The van der Waals surface area contributed by atoms with Crippen LogP contribution in [0.5, 0.6) is 0 Å². The summed E-state index contributed by atoms with van der Waals surface area (Å²) in [5, 5.41) is 5.95. The highest BCUT2D eigenvalue weighted by Gasteiger charge is 2.22. The van der Waals surface area contributed by atoms with Gasteiger partial charge in [-0.3, -0.25) is 9.79 Å². The van der Waals surface area contributed by atoms with Gasteiger partial charge in [0.1, 0.15) is 11.6 Å². The third kappa shape index (κ3) is 6.28. The highest BCUT2D eigenvalue weighted by atomic mass is 19.1. The van der Waals surface area contributed by atoms with Gasteiger partial charge in [-0.25, -0.2) is 8.78 Å². The minimum Gasteiger partial charge on any atom is -0.359 e. The fourth-order valence-electron chi connectivity index (χ4n) is 3.19. The zero-order chi connectivity index (χ0) is 18.9. The summed E-state index contributed by atoms with van der Waals surface area (Å²) in [7, 11) is 1.66. The molecule has 7 heteroatoms. The van der Waals surface area contributed by atoms with E-state index in [0.29, 0.717) is 30.9 Å². The van der Waals surface area contributed by atoms with E-state index in [1.54, 1.807) is 7.05 Å². The first-order valence-electron chi connectivity index (χ1n) is 9.20. The number of carbonyl (C=O) groups excluding carboxylic acids is 1. The van der Waals surface area contributed by atoms with Crippen LogP contribution in [0.1, 0.15) is 31.7 Å². The Labute approximate surface area is 153 Å². The molecule has 2 rings (SSSR count). The molecule has 1 heterocycles. The molecule has 0 unspecified atom stereocenters. The van der Waals surface area contributed by atoms with Crippen LogP contribution >= 0.6 is 0 Å². The first kappa shape index (κ1) is 20.1. The summed E-state index contributed by atoms with van der Waals surface area (Å²) in [6, 6.07) is 3.56. The van der Waals surface area contributed by atoms with Gasteiger partial charge in [0.25, 0.3) is 0 Å². The zero-order valence-corrected chi connectivity index (χ0v) is 15.5. The van der Waals surface area contributed by atoms with Gasteiger partial charge in [0.2, 0.25) is 5.91 Å². The third-order valence-electron chi connectivity index (χ3n) is 4.59. The largest absolute Gasteiger partial charge is 0.359 e. The molecule has 1 fully saturated rings. The van der Waals surface area contributed by atoms with Gasteiger partial charge in [0.15, 0.2) is 5.96 Å². The van der Waals surface area contributed by atoms with Crippen molar-refractivity contribution in [1.82, 2.24) is 15.5 Å². The average molecular weight is 366 g/mol. The highest BCUT2D eigenvalue weighted by Crippen LogP contribution is 2.20. The van der Waals surface area contributed by atoms with E-state index in [4.69, 9.17) is 0 Å². The van der Waals surface area contributed by atoms with Crippen LogP contribution in [0.2, 0.25) is 0 Å². The smallest absolute Gasteiger partial charge is 0.220 e. The number of halogens is 2. The molecule has 1 aliphatic rings. The number of nitrogens with zero attached hydrogens (tertiary/aromatic N) is 2. The van der Waals surface area contributed by atoms with E-state index in [0.717, 1.165) is 44.5 Å². The van der Waals surface area contributed by atoms with Crippen molar-refractivity contribution in [3.63, 3.8) is 0 Å². The summed E-state index contributed by atoms with van der Waals surface area (Å²) in [5.74, 6) is 0.196. The molecule has 0 bridgehead atoms. The van der Waals surface area contributed by atoms with Gasteiger partial charge in [-0.05, 0) is 49.8 Å². The van der Waals surface area contributed by atoms with Crippen LogP contribution in [0.15, 0.2) is 23.2 Å². The number of hydrogen-bond acceptors (Lipinski definition) is 2. The van der Waals surface area contributed by atoms with Gasteiger partial charge in [-0.15, -0.1) is 0 Å². The topological polar surface area (TPSA) is 56.7 Å². The van der Waals surface area contributed by atoms with Gasteiger partial charge in [-0.2, -0.15) is 0 Å². The van der Waals surface area contributed by atoms with Crippen molar-refractivity contribution in [2.75, 3.05) is 33.2 Å². The number of rotatable bonds is 6. The van der Waals surface area contributed by atoms with E-state index >= 15 is 0 Å². The fraction of sp³-hybridized carbons (Fsp3) is 0.579. The predicted octanol–water partition coefficient (Wildman–Crippen LogP) is 2.32. The second-order valence-electron chi connectivity index (χ2n) is 6.57. The molecule has 1 amide bonds. The number of piperidine rings is 1. The van der Waals surface area contributed by atoms with Crippen molar-refractivity contribution < 1.29 is 13.6 Å². The first-order valence-corrected chi connectivity index (χ1v) is 9.20. The lowest BCUT2D eigenvalue weighted by atomic mass is 9.93. The molecule has 26 heavy (non-hydrogen) atoms. The number of hydrogen-bond donors (Lipinski definition) is 2. The number of likely N-dealkylation sites (tertiary alicyclic amines) is 1. The second-order valence-corrected chi connectivity index (χ2v) is 6.57. The van der Waals surface area contributed by atoms with Crippen molar-refractivity contribution in [2.45, 2.75) is 32.6 Å². The Balaban J connectivity index is 1.89. The van der Waals surface area contributed by atoms with E-state index in [-0.39, 0.29) is 5.91 Å². The predicted molar refractivity (Wildman–Crippen MR) is 99.0 cm³/mol. The molecule has 0 radical (unpaired) electrons. The Kier molecular flexibility index (Phi) is 7.81. The monoisotopic (exact) mass is 366 g/mol. The average Bonchev–Trinajstić information content (AvgIpc) is 2.61. The van der Waals surface area contributed by atoms with Crippen molar-refractivity contribution in [3.8, 4) is 0 Å². The summed E-state index contributed by atoms with van der Waals surface area (Å²) in [4.78, 5) is 18.3. The number of nitrogens with one attached hydrogen (secondary N) is 2. The van der Waals surface area contributed by atoms with Crippen LogP contribution in [0.3, 0.4) is 0 Å². The van der Waals surface area contributed by atoms with E-state index < -0.39 is 11.6 Å². The summed E-state index contributed by atoms with van der Waals surface area (Å²) in [6.45, 7) is 4.93. The summed E-state index contributed by atoms with van der Waals surface area (Å²) in [5.41, 5.74) is 0.603. The zero-order valence-electron chi connectivity index (χ0n) is 15.5. The summed E-state index contributed by atoms with van der Waals surface area (Å²) < 4.78 is 26.5. The molecule has 144 valence electrons. The molecule has 1 saturated heterocycles. The number of aliphatic imine (C=N–C) groups is 1. The third-order valence-corrected chi connectivity index (χ3v) is 4.59. The molecule has 0 atom stereocenters. The van der Waals surface area contributed by atoms with Gasteiger partial charge in [0, 0.05) is 45.7 Å². The summed E-state index contributed by atoms with van der Waals surface area (Å²) in [6.07, 6.45) is 2.96. The van der Waals surface area contributed by atoms with Gasteiger partial charge < -0.3 is 15.5 Å². The van der Waals surface area contributed by atoms with Crippen LogP contribution < -0.4 is 10.6 Å². The minimum atomic E-state index is -0.561. The van der Waals surface area contributed by atoms with Crippen molar-refractivity contribution in [2.24, 2.45) is 10.9 Å². The number of amides is 1. The maximum absolute atomic E-state index is 13.3. The molecule has 1 aliphatic heterocycles. The Hall–Kier alpha value is -2.18. The molecule has 0 saturated carbocycles. The van der Waals surface area contributed by atoms with E-state index in [1.165, 1.54) is 12.1 Å². The normalized spacial score (nSPS) is 15.8. The van der Waals surface area contributed by atoms with Crippen LogP contribution in [0.4, 0.5) is 8.78 Å². The molecule has 1 aromatic rings. The molecule has 0 aliphatic carbocycles. The summed E-state index contributed by atoms with van der Waals surface area (Å²) >= 11 is 0. The Morgan fingerprint density at radius 1 is 1.23 bits per heavy atom. The van der Waals surface area contributed by atoms with Crippen LogP contribution in [-0.4, -0.2) is 50.0 Å². The fourth-order valence-corrected chi connectivity index (χ4v) is 3.19. The molecule has 0 aromatic heterocycles. The molecular weight excluding hydrogens is 338 g/mol. The Morgan fingerprint density at radius 3 is 2.46 bits per heavy atom. The van der Waals surface area contributed by atoms with E-state index in [1.807, 2.05) is 6.92 Å². The molecule has 1 aromatic carbocycles. The minimum absolute atomic E-state index is 0.0892. The van der Waals surface area contributed by atoms with Crippen LogP contribution in [0.25, 0.3) is 0 Å². The van der Waals surface area contributed by atoms with Crippen molar-refractivity contribution >= 4 is 11.9 Å². The SMILES string of the molecule is CCNC(=NCCc1cc(F)cc(F)c1)N1CCC(CC(=O)NC)CC1. The molecule has 0 spiro atoms. The van der Waals surface area contributed by atoms with Crippen LogP contribution in [0, 0.1) is 17.6 Å². The highest BCUT2D eigenvalue weighted by molar-refractivity contribution is 5.80. The second kappa shape index (κ2) is 10.1. The number of benzene rings is 1. The number of carbonyl (C=O) groups is 1.